The predicted molar refractivity (Wildman–Crippen MR) is 136 cm³/mol. The fourth-order valence-electron chi connectivity index (χ4n) is 6.94. The number of carbonyl (C=O) groups excluding carboxylic acids is 1. The molecule has 2 heterocycles. The lowest BCUT2D eigenvalue weighted by molar-refractivity contribution is -0.162. The zero-order valence-electron chi connectivity index (χ0n) is 22.8. The molecule has 2 saturated heterocycles. The molecule has 0 saturated carbocycles. The van der Waals surface area contributed by atoms with E-state index in [2.05, 4.69) is 72.9 Å². The number of hydrogen-bond acceptors (Lipinski definition) is 4. The van der Waals surface area contributed by atoms with Gasteiger partial charge in [-0.15, -0.1) is 0 Å². The van der Waals surface area contributed by atoms with Crippen LogP contribution in [0.1, 0.15) is 133 Å². The van der Waals surface area contributed by atoms with E-state index < -0.39 is 0 Å². The molecule has 4 heteroatoms. The van der Waals surface area contributed by atoms with Crippen molar-refractivity contribution in [2.24, 2.45) is 11.8 Å². The van der Waals surface area contributed by atoms with Crippen molar-refractivity contribution in [3.8, 4) is 0 Å². The number of esters is 1. The molecule has 0 aromatic rings. The van der Waals surface area contributed by atoms with E-state index in [4.69, 9.17) is 4.74 Å². The Morgan fingerprint density at radius 2 is 1.19 bits per heavy atom. The van der Waals surface area contributed by atoms with Crippen LogP contribution in [-0.4, -0.2) is 34.2 Å². The molecule has 2 N–H and O–H groups in total. The third-order valence-electron chi connectivity index (χ3n) is 7.40. The quantitative estimate of drug-likeness (QED) is 0.285. The van der Waals surface area contributed by atoms with E-state index in [9.17, 15) is 4.79 Å². The summed E-state index contributed by atoms with van der Waals surface area (Å²) >= 11 is 0. The van der Waals surface area contributed by atoms with Gasteiger partial charge in [0.05, 0.1) is 5.92 Å². The second-order valence-electron chi connectivity index (χ2n) is 13.6. The van der Waals surface area contributed by atoms with Crippen LogP contribution in [-0.2, 0) is 9.53 Å². The van der Waals surface area contributed by atoms with Crippen LogP contribution in [0, 0.1) is 11.8 Å². The Balaban J connectivity index is 2.09. The summed E-state index contributed by atoms with van der Waals surface area (Å²) in [4.78, 5) is 13.7. The molecule has 1 atom stereocenters. The molecule has 0 aromatic heterocycles. The van der Waals surface area contributed by atoms with E-state index in [1.165, 1.54) is 32.1 Å². The third-order valence-corrected chi connectivity index (χ3v) is 7.40. The van der Waals surface area contributed by atoms with Crippen LogP contribution in [0.2, 0.25) is 0 Å². The Morgan fingerprint density at radius 3 is 1.69 bits per heavy atom. The van der Waals surface area contributed by atoms with Crippen LogP contribution < -0.4 is 10.6 Å². The van der Waals surface area contributed by atoms with E-state index in [0.717, 1.165) is 38.5 Å². The van der Waals surface area contributed by atoms with Gasteiger partial charge in [-0.2, -0.15) is 0 Å². The molecule has 1 unspecified atom stereocenters. The van der Waals surface area contributed by atoms with E-state index >= 15 is 0 Å². The topological polar surface area (TPSA) is 50.4 Å². The normalized spacial score (nSPS) is 25.9. The van der Waals surface area contributed by atoms with Crippen molar-refractivity contribution in [1.82, 2.24) is 10.6 Å². The monoisotopic (exact) mass is 450 g/mol. The molecule has 32 heavy (non-hydrogen) atoms. The van der Waals surface area contributed by atoms with Crippen molar-refractivity contribution in [2.75, 3.05) is 0 Å². The first-order chi connectivity index (χ1) is 14.6. The third kappa shape index (κ3) is 8.97. The molecule has 188 valence electrons. The molecule has 2 aliphatic heterocycles. The highest BCUT2D eigenvalue weighted by molar-refractivity contribution is 5.73. The molecule has 2 rings (SSSR count). The number of rotatable bonds is 10. The van der Waals surface area contributed by atoms with Crippen LogP contribution in [0.15, 0.2) is 0 Å². The van der Waals surface area contributed by atoms with Gasteiger partial charge in [-0.3, -0.25) is 4.79 Å². The molecule has 0 aliphatic carbocycles. The second-order valence-corrected chi connectivity index (χ2v) is 13.6. The molecule has 4 nitrogen and oxygen atoms in total. The van der Waals surface area contributed by atoms with Crippen molar-refractivity contribution in [2.45, 2.75) is 161 Å². The maximum Gasteiger partial charge on any atom is 0.309 e. The zero-order chi connectivity index (χ0) is 24.2. The van der Waals surface area contributed by atoms with Crippen LogP contribution in [0.25, 0.3) is 0 Å². The minimum absolute atomic E-state index is 0.00328. The van der Waals surface area contributed by atoms with E-state index in [1.54, 1.807) is 0 Å². The van der Waals surface area contributed by atoms with Crippen molar-refractivity contribution in [3.63, 3.8) is 0 Å². The Labute approximate surface area is 199 Å². The Hall–Kier alpha value is -0.610. The van der Waals surface area contributed by atoms with E-state index in [1.807, 2.05) is 0 Å². The van der Waals surface area contributed by atoms with Crippen LogP contribution in [0.4, 0.5) is 0 Å². The first-order valence-electron chi connectivity index (χ1n) is 13.4. The van der Waals surface area contributed by atoms with Crippen LogP contribution in [0.3, 0.4) is 0 Å². The number of ether oxygens (including phenoxy) is 1. The maximum absolute atomic E-state index is 13.7. The summed E-state index contributed by atoms with van der Waals surface area (Å²) in [6.07, 6.45) is 12.4. The van der Waals surface area contributed by atoms with Gasteiger partial charge in [0.2, 0.25) is 0 Å². The fourth-order valence-corrected chi connectivity index (χ4v) is 6.94. The SMILES string of the molecule is CCCCCCCCC(C(=O)OC1CC(C)(C)NC(C)(C)C1)C1CC(C)(C)NC(C)(C)C1. The number of carbonyl (C=O) groups is 1. The number of piperidine rings is 2. The minimum Gasteiger partial charge on any atom is -0.462 e. The summed E-state index contributed by atoms with van der Waals surface area (Å²) in [6, 6.07) is 0. The summed E-state index contributed by atoms with van der Waals surface area (Å²) in [7, 11) is 0. The Bertz CT molecular complexity index is 577. The van der Waals surface area contributed by atoms with Gasteiger partial charge in [-0.1, -0.05) is 45.4 Å². The predicted octanol–water partition coefficient (Wildman–Crippen LogP) is 6.76. The number of hydrogen-bond donors (Lipinski definition) is 2. The van der Waals surface area contributed by atoms with E-state index in [0.29, 0.717) is 5.92 Å². The van der Waals surface area contributed by atoms with Crippen molar-refractivity contribution < 1.29 is 9.53 Å². The maximum atomic E-state index is 13.7. The molecular formula is C28H54N2O2. The fraction of sp³-hybridized carbons (Fsp3) is 0.964. The molecule has 0 aromatic carbocycles. The molecule has 0 spiro atoms. The van der Waals surface area contributed by atoms with Crippen molar-refractivity contribution in [1.29, 1.82) is 0 Å². The number of nitrogens with one attached hydrogen (secondary N) is 2. The molecule has 0 bridgehead atoms. The molecule has 2 aliphatic rings. The average Bonchev–Trinajstić information content (AvgIpc) is 2.55. The standard InChI is InChI=1S/C28H54N2O2/c1-10-11-12-13-14-15-16-23(21-17-25(2,3)29-26(4,5)18-21)24(31)32-22-19-27(6,7)30-28(8,9)20-22/h21-23,29-30H,10-20H2,1-9H3. The second kappa shape index (κ2) is 10.8. The lowest BCUT2D eigenvalue weighted by Crippen LogP contribution is -2.60. The average molecular weight is 451 g/mol. The molecular weight excluding hydrogens is 396 g/mol. The van der Waals surface area contributed by atoms with Gasteiger partial charge in [0.1, 0.15) is 6.10 Å². The molecule has 0 amide bonds. The highest BCUT2D eigenvalue weighted by Crippen LogP contribution is 2.40. The van der Waals surface area contributed by atoms with Crippen LogP contribution in [0.5, 0.6) is 0 Å². The zero-order valence-corrected chi connectivity index (χ0v) is 22.8. The Morgan fingerprint density at radius 1 is 0.750 bits per heavy atom. The van der Waals surface area contributed by atoms with Crippen LogP contribution >= 0.6 is 0 Å². The van der Waals surface area contributed by atoms with Gasteiger partial charge in [0, 0.05) is 35.0 Å². The highest BCUT2D eigenvalue weighted by atomic mass is 16.5. The van der Waals surface area contributed by atoms with Crippen molar-refractivity contribution >= 4 is 5.97 Å². The summed E-state index contributed by atoms with van der Waals surface area (Å²) in [5, 5.41) is 7.50. The molecule has 0 radical (unpaired) electrons. The summed E-state index contributed by atoms with van der Waals surface area (Å²) in [6.45, 7) is 20.3. The van der Waals surface area contributed by atoms with Gasteiger partial charge in [-0.05, 0) is 80.6 Å². The van der Waals surface area contributed by atoms with E-state index in [-0.39, 0.29) is 40.1 Å². The van der Waals surface area contributed by atoms with Gasteiger partial charge < -0.3 is 15.4 Å². The van der Waals surface area contributed by atoms with Crippen molar-refractivity contribution in [3.05, 3.63) is 0 Å². The van der Waals surface area contributed by atoms with Gasteiger partial charge in [0.25, 0.3) is 0 Å². The minimum atomic E-state index is -0.0137. The Kier molecular flexibility index (Phi) is 9.29. The summed E-state index contributed by atoms with van der Waals surface area (Å²) in [5.74, 6) is 0.464. The summed E-state index contributed by atoms with van der Waals surface area (Å²) < 4.78 is 6.31. The highest BCUT2D eigenvalue weighted by Gasteiger charge is 2.45. The first kappa shape index (κ1) is 27.6. The number of unbranched alkanes of at least 4 members (excludes halogenated alkanes) is 5. The molecule has 2 fully saturated rings. The lowest BCUT2D eigenvalue weighted by Gasteiger charge is -2.49. The summed E-state index contributed by atoms with van der Waals surface area (Å²) in [5.41, 5.74) is 0.0655. The first-order valence-corrected chi connectivity index (χ1v) is 13.4. The van der Waals surface area contributed by atoms with Gasteiger partial charge in [0.15, 0.2) is 0 Å². The van der Waals surface area contributed by atoms with Gasteiger partial charge >= 0.3 is 5.97 Å². The lowest BCUT2D eigenvalue weighted by atomic mass is 9.69. The largest absolute Gasteiger partial charge is 0.462 e. The smallest absolute Gasteiger partial charge is 0.309 e. The van der Waals surface area contributed by atoms with Gasteiger partial charge in [-0.25, -0.2) is 0 Å².